The number of carboxylic acid groups (broad SMARTS) is 1. The van der Waals surface area contributed by atoms with Crippen LogP contribution in [0.5, 0.6) is 0 Å². The van der Waals surface area contributed by atoms with Gasteiger partial charge in [0.2, 0.25) is 5.91 Å². The molecule has 0 aromatic heterocycles. The first-order valence-electron chi connectivity index (χ1n) is 9.22. The van der Waals surface area contributed by atoms with E-state index in [1.54, 1.807) is 0 Å². The number of nitrogens with zero attached hydrogens (tertiary/aromatic N) is 2. The van der Waals surface area contributed by atoms with Crippen molar-refractivity contribution in [3.8, 4) is 0 Å². The molecule has 1 rings (SSSR count). The SMILES string of the molecule is C=CCOC(=O)N(C)[C@@H](CC(C)C)C(=O)N(C)[C@H](Cc1ccccc1)C(=O)O. The average molecular weight is 390 g/mol. The van der Waals surface area contributed by atoms with Crippen LogP contribution in [0.2, 0.25) is 0 Å². The number of carboxylic acids is 1. The van der Waals surface area contributed by atoms with E-state index >= 15 is 0 Å². The Morgan fingerprint density at radius 2 is 1.71 bits per heavy atom. The lowest BCUT2D eigenvalue weighted by Crippen LogP contribution is -2.53. The molecule has 154 valence electrons. The molecule has 0 radical (unpaired) electrons. The van der Waals surface area contributed by atoms with Gasteiger partial charge in [0.25, 0.3) is 0 Å². The van der Waals surface area contributed by atoms with E-state index in [0.717, 1.165) is 5.56 Å². The van der Waals surface area contributed by atoms with Crippen LogP contribution < -0.4 is 0 Å². The van der Waals surface area contributed by atoms with E-state index in [9.17, 15) is 19.5 Å². The van der Waals surface area contributed by atoms with Crippen molar-refractivity contribution >= 4 is 18.0 Å². The third-order valence-electron chi connectivity index (χ3n) is 4.43. The van der Waals surface area contributed by atoms with Crippen LogP contribution in [0.3, 0.4) is 0 Å². The summed E-state index contributed by atoms with van der Waals surface area (Å²) >= 11 is 0. The van der Waals surface area contributed by atoms with Gasteiger partial charge in [0.1, 0.15) is 18.7 Å². The van der Waals surface area contributed by atoms with Crippen LogP contribution in [0.25, 0.3) is 0 Å². The molecule has 2 amide bonds. The highest BCUT2D eigenvalue weighted by Crippen LogP contribution is 2.17. The van der Waals surface area contributed by atoms with Gasteiger partial charge in [0.05, 0.1) is 0 Å². The van der Waals surface area contributed by atoms with Crippen LogP contribution in [0.4, 0.5) is 4.79 Å². The zero-order valence-electron chi connectivity index (χ0n) is 17.0. The third-order valence-corrected chi connectivity index (χ3v) is 4.43. The van der Waals surface area contributed by atoms with Gasteiger partial charge in [0.15, 0.2) is 0 Å². The summed E-state index contributed by atoms with van der Waals surface area (Å²) < 4.78 is 5.03. The standard InChI is InChI=1S/C21H30N2O5/c1-6-12-28-21(27)23(5)17(13-15(2)3)19(24)22(4)18(20(25)26)14-16-10-8-7-9-11-16/h6-11,15,17-18H,1,12-14H2,2-5H3,(H,25,26)/t17-,18+/m0/s1. The van der Waals surface area contributed by atoms with Gasteiger partial charge in [-0.25, -0.2) is 9.59 Å². The van der Waals surface area contributed by atoms with E-state index in [0.29, 0.717) is 6.42 Å². The van der Waals surface area contributed by atoms with Gasteiger partial charge < -0.3 is 14.7 Å². The Morgan fingerprint density at radius 1 is 1.11 bits per heavy atom. The molecule has 0 heterocycles. The summed E-state index contributed by atoms with van der Waals surface area (Å²) in [5.41, 5.74) is 0.814. The molecule has 0 unspecified atom stereocenters. The Hall–Kier alpha value is -2.83. The molecule has 28 heavy (non-hydrogen) atoms. The minimum Gasteiger partial charge on any atom is -0.480 e. The number of ether oxygens (including phenoxy) is 1. The fraction of sp³-hybridized carbons (Fsp3) is 0.476. The van der Waals surface area contributed by atoms with E-state index in [-0.39, 0.29) is 18.9 Å². The average Bonchev–Trinajstić information content (AvgIpc) is 2.67. The Labute approximate surface area is 166 Å². The quantitative estimate of drug-likeness (QED) is 0.621. The highest BCUT2D eigenvalue weighted by molar-refractivity contribution is 5.89. The van der Waals surface area contributed by atoms with Crippen LogP contribution in [0.1, 0.15) is 25.8 Å². The fourth-order valence-corrected chi connectivity index (χ4v) is 2.85. The molecule has 1 aromatic rings. The van der Waals surface area contributed by atoms with Gasteiger partial charge in [-0.3, -0.25) is 9.69 Å². The maximum atomic E-state index is 13.1. The van der Waals surface area contributed by atoms with Gasteiger partial charge in [-0.2, -0.15) is 0 Å². The lowest BCUT2D eigenvalue weighted by molar-refractivity contribution is -0.151. The summed E-state index contributed by atoms with van der Waals surface area (Å²) in [7, 11) is 2.94. The largest absolute Gasteiger partial charge is 0.480 e. The zero-order valence-corrected chi connectivity index (χ0v) is 17.0. The second-order valence-electron chi connectivity index (χ2n) is 7.11. The van der Waals surface area contributed by atoms with E-state index in [4.69, 9.17) is 4.74 Å². The van der Waals surface area contributed by atoms with Crippen molar-refractivity contribution in [3.63, 3.8) is 0 Å². The predicted molar refractivity (Wildman–Crippen MR) is 107 cm³/mol. The molecule has 0 aliphatic heterocycles. The molecule has 2 atom stereocenters. The second-order valence-corrected chi connectivity index (χ2v) is 7.11. The minimum atomic E-state index is -1.10. The minimum absolute atomic E-state index is 0.0351. The number of hydrogen-bond acceptors (Lipinski definition) is 4. The fourth-order valence-electron chi connectivity index (χ4n) is 2.85. The van der Waals surface area contributed by atoms with Crippen LogP contribution in [0.15, 0.2) is 43.0 Å². The highest BCUT2D eigenvalue weighted by Gasteiger charge is 2.35. The first-order valence-corrected chi connectivity index (χ1v) is 9.22. The van der Waals surface area contributed by atoms with Crippen molar-refractivity contribution in [2.75, 3.05) is 20.7 Å². The van der Waals surface area contributed by atoms with Crippen molar-refractivity contribution in [2.24, 2.45) is 5.92 Å². The summed E-state index contributed by atoms with van der Waals surface area (Å²) in [6, 6.07) is 7.26. The van der Waals surface area contributed by atoms with Crippen molar-refractivity contribution in [1.82, 2.24) is 9.80 Å². The highest BCUT2D eigenvalue weighted by atomic mass is 16.6. The number of carbonyl (C=O) groups is 3. The molecule has 1 N–H and O–H groups in total. The molecule has 0 spiro atoms. The Bertz CT molecular complexity index is 675. The van der Waals surface area contributed by atoms with Crippen molar-refractivity contribution in [2.45, 2.75) is 38.8 Å². The summed E-state index contributed by atoms with van der Waals surface area (Å²) in [4.78, 5) is 39.6. The number of rotatable bonds is 10. The first kappa shape index (κ1) is 23.2. The van der Waals surface area contributed by atoms with Gasteiger partial charge in [-0.1, -0.05) is 56.8 Å². The Balaban J connectivity index is 3.04. The lowest BCUT2D eigenvalue weighted by atomic mass is 9.99. The number of likely N-dealkylation sites (N-methyl/N-ethyl adjacent to an activating group) is 2. The van der Waals surface area contributed by atoms with Crippen molar-refractivity contribution < 1.29 is 24.2 Å². The van der Waals surface area contributed by atoms with Crippen LogP contribution in [-0.4, -0.2) is 65.7 Å². The van der Waals surface area contributed by atoms with E-state index < -0.39 is 30.1 Å². The van der Waals surface area contributed by atoms with Gasteiger partial charge >= 0.3 is 12.1 Å². The van der Waals surface area contributed by atoms with Crippen LogP contribution >= 0.6 is 0 Å². The number of aliphatic carboxylic acids is 1. The first-order chi connectivity index (χ1) is 13.2. The summed E-state index contributed by atoms with van der Waals surface area (Å²) in [5.74, 6) is -1.41. The third kappa shape index (κ3) is 6.72. The van der Waals surface area contributed by atoms with E-state index in [1.807, 2.05) is 44.2 Å². The van der Waals surface area contributed by atoms with Gasteiger partial charge in [-0.05, 0) is 17.9 Å². The van der Waals surface area contributed by atoms with Gasteiger partial charge in [-0.15, -0.1) is 0 Å². The lowest BCUT2D eigenvalue weighted by Gasteiger charge is -2.33. The topological polar surface area (TPSA) is 87.2 Å². The van der Waals surface area contributed by atoms with Crippen LogP contribution in [-0.2, 0) is 20.7 Å². The smallest absolute Gasteiger partial charge is 0.410 e. The van der Waals surface area contributed by atoms with Crippen LogP contribution in [0, 0.1) is 5.92 Å². The molecule has 7 heteroatoms. The molecule has 1 aromatic carbocycles. The molecule has 0 bridgehead atoms. The van der Waals surface area contributed by atoms with Gasteiger partial charge in [0, 0.05) is 20.5 Å². The van der Waals surface area contributed by atoms with E-state index in [1.165, 1.54) is 30.0 Å². The number of benzene rings is 1. The Morgan fingerprint density at radius 3 is 2.21 bits per heavy atom. The maximum absolute atomic E-state index is 13.1. The number of carbonyl (C=O) groups excluding carboxylic acids is 2. The summed E-state index contributed by atoms with van der Waals surface area (Å²) in [6.07, 6.45) is 1.36. The Kier molecular flexibility index (Phi) is 9.21. The molecule has 7 nitrogen and oxygen atoms in total. The normalized spacial score (nSPS) is 12.8. The predicted octanol–water partition coefficient (Wildman–Crippen LogP) is 2.81. The molecular weight excluding hydrogens is 360 g/mol. The molecule has 0 saturated heterocycles. The monoisotopic (exact) mass is 390 g/mol. The molecule has 0 fully saturated rings. The zero-order chi connectivity index (χ0) is 21.3. The number of amides is 2. The molecule has 0 saturated carbocycles. The van der Waals surface area contributed by atoms with E-state index in [2.05, 4.69) is 6.58 Å². The second kappa shape index (κ2) is 11.1. The van der Waals surface area contributed by atoms with Crippen molar-refractivity contribution in [1.29, 1.82) is 0 Å². The molecule has 0 aliphatic rings. The maximum Gasteiger partial charge on any atom is 0.410 e. The summed E-state index contributed by atoms with van der Waals surface area (Å²) in [5, 5.41) is 9.67. The molecule has 0 aliphatic carbocycles. The molecular formula is C21H30N2O5. The number of hydrogen-bond donors (Lipinski definition) is 1. The van der Waals surface area contributed by atoms with Crippen molar-refractivity contribution in [3.05, 3.63) is 48.6 Å². The summed E-state index contributed by atoms with van der Waals surface area (Å²) in [6.45, 7) is 7.39.